The van der Waals surface area contributed by atoms with Crippen LogP contribution in [0.4, 0.5) is 10.5 Å². The molecule has 1 saturated carbocycles. The van der Waals surface area contributed by atoms with E-state index in [9.17, 15) is 9.59 Å². The maximum atomic E-state index is 12.2. The lowest BCUT2D eigenvalue weighted by Crippen LogP contribution is -2.38. The number of carbonyl (C=O) groups is 2. The molecule has 0 bridgehead atoms. The minimum atomic E-state index is -0.217. The van der Waals surface area contributed by atoms with Crippen LogP contribution in [0.15, 0.2) is 42.5 Å². The van der Waals surface area contributed by atoms with Crippen molar-refractivity contribution in [2.75, 3.05) is 25.1 Å². The molecule has 0 aromatic heterocycles. The van der Waals surface area contributed by atoms with E-state index in [0.717, 1.165) is 41.2 Å². The van der Waals surface area contributed by atoms with Crippen LogP contribution in [0.3, 0.4) is 0 Å². The molecule has 7 nitrogen and oxygen atoms in total. The van der Waals surface area contributed by atoms with Crippen LogP contribution in [0.25, 0.3) is 0 Å². The summed E-state index contributed by atoms with van der Waals surface area (Å²) in [5, 5.41) is 8.75. The van der Waals surface area contributed by atoms with Crippen LogP contribution >= 0.6 is 0 Å². The molecule has 0 radical (unpaired) electrons. The van der Waals surface area contributed by atoms with Gasteiger partial charge >= 0.3 is 6.03 Å². The summed E-state index contributed by atoms with van der Waals surface area (Å²) < 4.78 is 11.1. The van der Waals surface area contributed by atoms with Crippen LogP contribution in [0.2, 0.25) is 0 Å². The van der Waals surface area contributed by atoms with E-state index in [1.807, 2.05) is 49.4 Å². The number of carbonyl (C=O) groups excluding carboxylic acids is 2. The number of nitrogens with one attached hydrogen (secondary N) is 3. The first kappa shape index (κ1) is 20.1. The van der Waals surface area contributed by atoms with Gasteiger partial charge in [0.05, 0.1) is 6.04 Å². The van der Waals surface area contributed by atoms with Crippen LogP contribution in [0.1, 0.15) is 36.9 Å². The lowest BCUT2D eigenvalue weighted by atomic mass is 10.1. The average Bonchev–Trinajstić information content (AvgIpc) is 3.60. The van der Waals surface area contributed by atoms with Crippen molar-refractivity contribution in [3.05, 3.63) is 53.6 Å². The fourth-order valence-corrected chi connectivity index (χ4v) is 3.34. The normalized spacial score (nSPS) is 15.8. The van der Waals surface area contributed by atoms with E-state index in [1.165, 1.54) is 0 Å². The Balaban J connectivity index is 1.21. The van der Waals surface area contributed by atoms with Gasteiger partial charge in [-0.05, 0) is 61.6 Å². The van der Waals surface area contributed by atoms with Crippen molar-refractivity contribution < 1.29 is 19.1 Å². The number of benzene rings is 2. The predicted octanol–water partition coefficient (Wildman–Crippen LogP) is 3.41. The Morgan fingerprint density at radius 1 is 1.03 bits per heavy atom. The largest absolute Gasteiger partial charge is 0.486 e. The van der Waals surface area contributed by atoms with Gasteiger partial charge in [0.2, 0.25) is 5.91 Å². The molecule has 2 aromatic rings. The highest BCUT2D eigenvalue weighted by atomic mass is 16.6. The van der Waals surface area contributed by atoms with E-state index in [2.05, 4.69) is 16.0 Å². The number of anilines is 1. The van der Waals surface area contributed by atoms with Gasteiger partial charge in [-0.15, -0.1) is 0 Å². The molecule has 3 amide bonds. The lowest BCUT2D eigenvalue weighted by molar-refractivity contribution is -0.117. The number of hydrogen-bond donors (Lipinski definition) is 3. The van der Waals surface area contributed by atoms with E-state index in [1.54, 1.807) is 0 Å². The smallest absolute Gasteiger partial charge is 0.315 e. The standard InChI is InChI=1S/C23H27N3O4/c1-15(17-5-7-19(8-6-17)26-22(27)18-3-4-18)25-23(28)24-11-10-16-2-9-20-21(14-16)30-13-12-29-20/h2,5-9,14-15,18H,3-4,10-13H2,1H3,(H,26,27)(H2,24,25,28)/t15-/m0/s1. The monoisotopic (exact) mass is 409 g/mol. The fraction of sp³-hybridized carbons (Fsp3) is 0.391. The second kappa shape index (κ2) is 9.07. The minimum Gasteiger partial charge on any atom is -0.486 e. The summed E-state index contributed by atoms with van der Waals surface area (Å²) in [7, 11) is 0. The molecule has 0 saturated heterocycles. The van der Waals surface area contributed by atoms with E-state index in [-0.39, 0.29) is 23.9 Å². The molecular formula is C23H27N3O4. The topological polar surface area (TPSA) is 88.7 Å². The van der Waals surface area contributed by atoms with Gasteiger partial charge in [0.15, 0.2) is 11.5 Å². The van der Waals surface area contributed by atoms with Crippen molar-refractivity contribution in [1.82, 2.24) is 10.6 Å². The summed E-state index contributed by atoms with van der Waals surface area (Å²) in [4.78, 5) is 24.0. The van der Waals surface area contributed by atoms with Crippen LogP contribution < -0.4 is 25.4 Å². The van der Waals surface area contributed by atoms with Gasteiger partial charge in [-0.1, -0.05) is 18.2 Å². The van der Waals surface area contributed by atoms with Crippen molar-refractivity contribution in [1.29, 1.82) is 0 Å². The predicted molar refractivity (Wildman–Crippen MR) is 114 cm³/mol. The van der Waals surface area contributed by atoms with Gasteiger partial charge in [-0.2, -0.15) is 0 Å². The average molecular weight is 409 g/mol. The van der Waals surface area contributed by atoms with E-state index in [4.69, 9.17) is 9.47 Å². The van der Waals surface area contributed by atoms with Crippen molar-refractivity contribution in [3.8, 4) is 11.5 Å². The number of fused-ring (bicyclic) bond motifs is 1. The molecule has 0 spiro atoms. The number of ether oxygens (including phenoxy) is 2. The molecule has 1 fully saturated rings. The molecule has 1 heterocycles. The Morgan fingerprint density at radius 2 is 1.77 bits per heavy atom. The zero-order valence-corrected chi connectivity index (χ0v) is 17.1. The summed E-state index contributed by atoms with van der Waals surface area (Å²) in [6, 6.07) is 13.1. The molecule has 0 unspecified atom stereocenters. The third-order valence-electron chi connectivity index (χ3n) is 5.28. The Bertz CT molecular complexity index is 909. The SMILES string of the molecule is C[C@H](NC(=O)NCCc1ccc2c(c1)OCCO2)c1ccc(NC(=O)C2CC2)cc1. The molecule has 3 N–H and O–H groups in total. The van der Waals surface area contributed by atoms with Crippen molar-refractivity contribution in [3.63, 3.8) is 0 Å². The molecule has 2 aliphatic rings. The number of urea groups is 1. The third-order valence-corrected chi connectivity index (χ3v) is 5.28. The minimum absolute atomic E-state index is 0.0892. The second-order valence-electron chi connectivity index (χ2n) is 7.74. The first-order valence-electron chi connectivity index (χ1n) is 10.4. The summed E-state index contributed by atoms with van der Waals surface area (Å²) >= 11 is 0. The first-order chi connectivity index (χ1) is 14.6. The molecule has 1 atom stereocenters. The van der Waals surface area contributed by atoms with Gasteiger partial charge in [0, 0.05) is 18.2 Å². The van der Waals surface area contributed by atoms with Crippen molar-refractivity contribution >= 4 is 17.6 Å². The Kier molecular flexibility index (Phi) is 6.07. The molecule has 158 valence electrons. The maximum Gasteiger partial charge on any atom is 0.315 e. The summed E-state index contributed by atoms with van der Waals surface area (Å²) in [5.74, 6) is 1.79. The highest BCUT2D eigenvalue weighted by Gasteiger charge is 2.29. The molecule has 2 aromatic carbocycles. The van der Waals surface area contributed by atoms with E-state index in [0.29, 0.717) is 26.2 Å². The number of rotatable bonds is 7. The summed E-state index contributed by atoms with van der Waals surface area (Å²) in [6.45, 7) is 3.58. The van der Waals surface area contributed by atoms with Crippen LogP contribution in [-0.4, -0.2) is 31.7 Å². The van der Waals surface area contributed by atoms with Crippen LogP contribution in [0.5, 0.6) is 11.5 Å². The van der Waals surface area contributed by atoms with E-state index < -0.39 is 0 Å². The third kappa shape index (κ3) is 5.23. The zero-order chi connectivity index (χ0) is 20.9. The van der Waals surface area contributed by atoms with Crippen LogP contribution in [0, 0.1) is 5.92 Å². The highest BCUT2D eigenvalue weighted by molar-refractivity contribution is 5.94. The fourth-order valence-electron chi connectivity index (χ4n) is 3.34. The quantitative estimate of drug-likeness (QED) is 0.654. The van der Waals surface area contributed by atoms with E-state index >= 15 is 0 Å². The van der Waals surface area contributed by atoms with Gasteiger partial charge in [-0.3, -0.25) is 4.79 Å². The molecule has 1 aliphatic heterocycles. The Morgan fingerprint density at radius 3 is 2.50 bits per heavy atom. The zero-order valence-electron chi connectivity index (χ0n) is 17.1. The highest BCUT2D eigenvalue weighted by Crippen LogP contribution is 2.31. The maximum absolute atomic E-state index is 12.2. The van der Waals surface area contributed by atoms with Crippen molar-refractivity contribution in [2.24, 2.45) is 5.92 Å². The van der Waals surface area contributed by atoms with Gasteiger partial charge < -0.3 is 25.4 Å². The second-order valence-corrected chi connectivity index (χ2v) is 7.74. The number of hydrogen-bond acceptors (Lipinski definition) is 4. The lowest BCUT2D eigenvalue weighted by Gasteiger charge is -2.19. The summed E-state index contributed by atoms with van der Waals surface area (Å²) in [6.07, 6.45) is 2.66. The Labute approximate surface area is 176 Å². The molecular weight excluding hydrogens is 382 g/mol. The van der Waals surface area contributed by atoms with Gasteiger partial charge in [0.1, 0.15) is 13.2 Å². The molecule has 4 rings (SSSR count). The number of amides is 3. The van der Waals surface area contributed by atoms with Crippen LogP contribution in [-0.2, 0) is 11.2 Å². The van der Waals surface area contributed by atoms with Crippen molar-refractivity contribution in [2.45, 2.75) is 32.2 Å². The first-order valence-corrected chi connectivity index (χ1v) is 10.4. The Hall–Kier alpha value is -3.22. The van der Waals surface area contributed by atoms with Gasteiger partial charge in [-0.25, -0.2) is 4.79 Å². The molecule has 30 heavy (non-hydrogen) atoms. The molecule has 1 aliphatic carbocycles. The van der Waals surface area contributed by atoms with Gasteiger partial charge in [0.25, 0.3) is 0 Å². The summed E-state index contributed by atoms with van der Waals surface area (Å²) in [5.41, 5.74) is 2.84. The molecule has 7 heteroatoms.